The number of methoxy groups -OCH3 is 1. The first-order chi connectivity index (χ1) is 12.0. The van der Waals surface area contributed by atoms with Crippen molar-refractivity contribution >= 4 is 33.0 Å². The molecule has 0 aliphatic carbocycles. The van der Waals surface area contributed by atoms with Crippen LogP contribution in [0.15, 0.2) is 46.0 Å². The van der Waals surface area contributed by atoms with Crippen molar-refractivity contribution in [3.8, 4) is 0 Å². The lowest BCUT2D eigenvalue weighted by Gasteiger charge is -2.23. The first kappa shape index (κ1) is 19.4. The van der Waals surface area contributed by atoms with Gasteiger partial charge in [0.1, 0.15) is 16.6 Å². The van der Waals surface area contributed by atoms with Crippen LogP contribution >= 0.6 is 11.3 Å². The predicted octanol–water partition coefficient (Wildman–Crippen LogP) is 2.24. The maximum Gasteiger partial charge on any atom is 0.274 e. The fourth-order valence-corrected chi connectivity index (χ4v) is 4.64. The summed E-state index contributed by atoms with van der Waals surface area (Å²) in [6.07, 6.45) is 0.597. The second-order valence-corrected chi connectivity index (χ2v) is 8.13. The molecule has 0 radical (unpaired) electrons. The van der Waals surface area contributed by atoms with Crippen molar-refractivity contribution in [2.45, 2.75) is 10.6 Å². The molecule has 0 aliphatic rings. The zero-order chi connectivity index (χ0) is 18.3. The third-order valence-electron chi connectivity index (χ3n) is 3.30. The Morgan fingerprint density at radius 2 is 2.04 bits per heavy atom. The molecule has 0 bridgehead atoms. The van der Waals surface area contributed by atoms with Gasteiger partial charge < -0.3 is 10.1 Å². The quantitative estimate of drug-likeness (QED) is 0.671. The molecule has 2 aromatic rings. The Bertz CT molecular complexity index is 794. The first-order valence-corrected chi connectivity index (χ1v) is 9.85. The van der Waals surface area contributed by atoms with E-state index < -0.39 is 28.3 Å². The van der Waals surface area contributed by atoms with Gasteiger partial charge in [-0.1, -0.05) is 18.2 Å². The Balaban J connectivity index is 2.25. The normalized spacial score (nSPS) is 11.3. The summed E-state index contributed by atoms with van der Waals surface area (Å²) in [4.78, 5) is 12.1. The monoisotopic (exact) mass is 386 g/mol. The maximum absolute atomic E-state index is 14.2. The van der Waals surface area contributed by atoms with E-state index in [9.17, 15) is 17.6 Å². The Morgan fingerprint density at radius 3 is 2.68 bits per heavy atom. The van der Waals surface area contributed by atoms with E-state index in [1.54, 1.807) is 18.6 Å². The third kappa shape index (κ3) is 5.00. The molecule has 136 valence electrons. The third-order valence-corrected chi connectivity index (χ3v) is 6.43. The fraction of sp³-hybridized carbons (Fsp3) is 0.312. The van der Waals surface area contributed by atoms with Gasteiger partial charge >= 0.3 is 0 Å². The number of thiophene rings is 1. The van der Waals surface area contributed by atoms with Crippen LogP contribution < -0.4 is 9.62 Å². The van der Waals surface area contributed by atoms with Crippen LogP contribution in [-0.4, -0.2) is 41.1 Å². The average Bonchev–Trinajstić information content (AvgIpc) is 3.13. The first-order valence-electron chi connectivity index (χ1n) is 7.53. The van der Waals surface area contributed by atoms with Crippen LogP contribution in [0.2, 0.25) is 0 Å². The molecule has 0 fully saturated rings. The van der Waals surface area contributed by atoms with Gasteiger partial charge in [0.2, 0.25) is 5.91 Å². The minimum Gasteiger partial charge on any atom is -0.385 e. The van der Waals surface area contributed by atoms with Gasteiger partial charge in [0.05, 0.1) is 5.69 Å². The van der Waals surface area contributed by atoms with Crippen molar-refractivity contribution in [2.75, 3.05) is 31.1 Å². The SMILES string of the molecule is COCCCNC(=O)CN(c1ccccc1F)S(=O)(=O)c1cccs1. The van der Waals surface area contributed by atoms with Gasteiger partial charge in [0, 0.05) is 20.3 Å². The standard InChI is InChI=1S/C16H19FN2O4S2/c1-23-10-5-9-18-15(20)12-19(14-7-3-2-6-13(14)17)25(21,22)16-8-4-11-24-16/h2-4,6-8,11H,5,9-10,12H2,1H3,(H,18,20). The van der Waals surface area contributed by atoms with Crippen LogP contribution in [0.4, 0.5) is 10.1 Å². The molecule has 0 atom stereocenters. The topological polar surface area (TPSA) is 75.7 Å². The molecular formula is C16H19FN2O4S2. The zero-order valence-corrected chi connectivity index (χ0v) is 15.3. The van der Waals surface area contributed by atoms with Gasteiger partial charge in [0.25, 0.3) is 10.0 Å². The van der Waals surface area contributed by atoms with E-state index >= 15 is 0 Å². The summed E-state index contributed by atoms with van der Waals surface area (Å²) < 4.78 is 45.5. The molecule has 6 nitrogen and oxygen atoms in total. The number of rotatable bonds is 9. The Kier molecular flexibility index (Phi) is 6.91. The van der Waals surface area contributed by atoms with E-state index in [1.807, 2.05) is 0 Å². The number of hydrogen-bond donors (Lipinski definition) is 1. The Hall–Kier alpha value is -1.97. The summed E-state index contributed by atoms with van der Waals surface area (Å²) in [7, 11) is -2.49. The number of nitrogens with one attached hydrogen (secondary N) is 1. The number of carbonyl (C=O) groups is 1. The zero-order valence-electron chi connectivity index (χ0n) is 13.6. The number of halogens is 1. The van der Waals surface area contributed by atoms with Gasteiger partial charge in [-0.15, -0.1) is 11.3 Å². The fourth-order valence-electron chi connectivity index (χ4n) is 2.10. The van der Waals surface area contributed by atoms with Crippen LogP contribution in [0.25, 0.3) is 0 Å². The molecule has 0 unspecified atom stereocenters. The molecule has 1 heterocycles. The molecule has 25 heavy (non-hydrogen) atoms. The van der Waals surface area contributed by atoms with E-state index in [4.69, 9.17) is 4.74 Å². The van der Waals surface area contributed by atoms with Gasteiger partial charge in [-0.25, -0.2) is 12.8 Å². The van der Waals surface area contributed by atoms with Gasteiger partial charge in [0.15, 0.2) is 0 Å². The van der Waals surface area contributed by atoms with E-state index in [-0.39, 0.29) is 9.90 Å². The van der Waals surface area contributed by atoms with Crippen LogP contribution in [0.1, 0.15) is 6.42 Å². The summed E-state index contributed by atoms with van der Waals surface area (Å²) in [5.74, 6) is -1.23. The minimum atomic E-state index is -4.04. The average molecular weight is 386 g/mol. The summed E-state index contributed by atoms with van der Waals surface area (Å²) in [6.45, 7) is 0.315. The van der Waals surface area contributed by atoms with Gasteiger partial charge in [-0.3, -0.25) is 9.10 Å². The highest BCUT2D eigenvalue weighted by Crippen LogP contribution is 2.28. The lowest BCUT2D eigenvalue weighted by atomic mass is 10.3. The Morgan fingerprint density at radius 1 is 1.28 bits per heavy atom. The lowest BCUT2D eigenvalue weighted by molar-refractivity contribution is -0.119. The molecule has 0 aliphatic heterocycles. The molecule has 0 spiro atoms. The summed E-state index contributed by atoms with van der Waals surface area (Å²) in [6, 6.07) is 8.47. The smallest absolute Gasteiger partial charge is 0.274 e. The number of sulfonamides is 1. The van der Waals surface area contributed by atoms with Crippen LogP contribution in [0, 0.1) is 5.82 Å². The minimum absolute atomic E-state index is 0.0444. The molecule has 1 aromatic heterocycles. The Labute approximate surface area is 150 Å². The van der Waals surface area contributed by atoms with Gasteiger partial charge in [-0.05, 0) is 30.0 Å². The molecular weight excluding hydrogens is 367 g/mol. The highest BCUT2D eigenvalue weighted by molar-refractivity contribution is 7.94. The number of amides is 1. The van der Waals surface area contributed by atoms with Crippen molar-refractivity contribution in [2.24, 2.45) is 0 Å². The summed E-state index contributed by atoms with van der Waals surface area (Å²) in [5.41, 5.74) is -0.164. The van der Waals surface area contributed by atoms with Crippen molar-refractivity contribution < 1.29 is 22.3 Å². The largest absolute Gasteiger partial charge is 0.385 e. The summed E-state index contributed by atoms with van der Waals surface area (Å²) in [5, 5.41) is 4.22. The van der Waals surface area contributed by atoms with Crippen molar-refractivity contribution in [1.82, 2.24) is 5.32 Å². The van der Waals surface area contributed by atoms with Crippen LogP contribution in [0.3, 0.4) is 0 Å². The number of hydrogen-bond acceptors (Lipinski definition) is 5. The van der Waals surface area contributed by atoms with Gasteiger partial charge in [-0.2, -0.15) is 0 Å². The second kappa shape index (κ2) is 8.93. The molecule has 0 saturated heterocycles. The number of nitrogens with zero attached hydrogens (tertiary/aromatic N) is 1. The molecule has 9 heteroatoms. The van der Waals surface area contributed by atoms with E-state index in [0.29, 0.717) is 19.6 Å². The molecule has 1 amide bonds. The van der Waals surface area contributed by atoms with Crippen LogP contribution in [-0.2, 0) is 19.6 Å². The molecule has 0 saturated carbocycles. The maximum atomic E-state index is 14.2. The number of para-hydroxylation sites is 1. The van der Waals surface area contributed by atoms with Crippen molar-refractivity contribution in [1.29, 1.82) is 0 Å². The van der Waals surface area contributed by atoms with E-state index in [0.717, 1.165) is 21.7 Å². The summed E-state index contributed by atoms with van der Waals surface area (Å²) >= 11 is 1.01. The number of carbonyl (C=O) groups excluding carboxylic acids is 1. The molecule has 1 aromatic carbocycles. The van der Waals surface area contributed by atoms with E-state index in [2.05, 4.69) is 5.32 Å². The van der Waals surface area contributed by atoms with E-state index in [1.165, 1.54) is 24.3 Å². The lowest BCUT2D eigenvalue weighted by Crippen LogP contribution is -2.41. The molecule has 2 rings (SSSR count). The van der Waals surface area contributed by atoms with Crippen LogP contribution in [0.5, 0.6) is 0 Å². The number of benzene rings is 1. The van der Waals surface area contributed by atoms with Crippen molar-refractivity contribution in [3.05, 3.63) is 47.6 Å². The van der Waals surface area contributed by atoms with Crippen molar-refractivity contribution in [3.63, 3.8) is 0 Å². The predicted molar refractivity (Wildman–Crippen MR) is 94.8 cm³/mol. The molecule has 1 N–H and O–H groups in total. The number of ether oxygens (including phenoxy) is 1. The highest BCUT2D eigenvalue weighted by Gasteiger charge is 2.29. The highest BCUT2D eigenvalue weighted by atomic mass is 32.2. The second-order valence-electron chi connectivity index (χ2n) is 5.09. The number of anilines is 1.